The molecule has 0 saturated heterocycles. The fraction of sp³-hybridized carbons (Fsp3) is 0.190. The number of hydrogen-bond donors (Lipinski definition) is 0. The highest BCUT2D eigenvalue weighted by atomic mass is 16.5. The van der Waals surface area contributed by atoms with E-state index in [9.17, 15) is 9.59 Å². The van der Waals surface area contributed by atoms with Crippen molar-refractivity contribution in [3.8, 4) is 5.75 Å². The number of methoxy groups -OCH3 is 1. The molecule has 2 aromatic carbocycles. The highest BCUT2D eigenvalue weighted by molar-refractivity contribution is 6.04. The number of para-hydroxylation sites is 1. The minimum atomic E-state index is -0.456. The zero-order valence-corrected chi connectivity index (χ0v) is 15.0. The number of nitrogens with zero attached hydrogens (tertiary/aromatic N) is 2. The van der Waals surface area contributed by atoms with Crippen molar-refractivity contribution in [2.24, 2.45) is 5.10 Å². The second kappa shape index (κ2) is 6.72. The van der Waals surface area contributed by atoms with Gasteiger partial charge in [-0.2, -0.15) is 5.10 Å². The average Bonchev–Trinajstić information content (AvgIpc) is 3.13. The van der Waals surface area contributed by atoms with Gasteiger partial charge in [0.15, 0.2) is 0 Å². The van der Waals surface area contributed by atoms with E-state index in [0.717, 1.165) is 10.9 Å². The van der Waals surface area contributed by atoms with Crippen LogP contribution in [0.3, 0.4) is 0 Å². The Kier molecular flexibility index (Phi) is 4.24. The van der Waals surface area contributed by atoms with Crippen LogP contribution in [0.25, 0.3) is 11.0 Å². The molecule has 0 fully saturated rings. The highest BCUT2D eigenvalue weighted by Gasteiger charge is 2.33. The van der Waals surface area contributed by atoms with Gasteiger partial charge in [-0.05, 0) is 29.8 Å². The molecule has 4 rings (SSSR count). The molecule has 0 spiro atoms. The van der Waals surface area contributed by atoms with Gasteiger partial charge in [0.1, 0.15) is 11.3 Å². The maximum Gasteiger partial charge on any atom is 0.345 e. The summed E-state index contributed by atoms with van der Waals surface area (Å²) in [5.74, 6) is 0.512. The highest BCUT2D eigenvalue weighted by Crippen LogP contribution is 2.34. The Morgan fingerprint density at radius 3 is 2.78 bits per heavy atom. The molecule has 0 aliphatic carbocycles. The first-order valence-corrected chi connectivity index (χ1v) is 8.61. The fourth-order valence-electron chi connectivity index (χ4n) is 3.33. The third-order valence-corrected chi connectivity index (χ3v) is 4.66. The summed E-state index contributed by atoms with van der Waals surface area (Å²) < 4.78 is 10.7. The van der Waals surface area contributed by atoms with E-state index in [1.54, 1.807) is 19.2 Å². The minimum absolute atomic E-state index is 0.192. The lowest BCUT2D eigenvalue weighted by Gasteiger charge is -2.20. The van der Waals surface area contributed by atoms with Crippen LogP contribution in [-0.4, -0.2) is 23.7 Å². The first-order chi connectivity index (χ1) is 13.1. The van der Waals surface area contributed by atoms with Crippen LogP contribution in [0.1, 0.15) is 30.5 Å². The van der Waals surface area contributed by atoms with Crippen molar-refractivity contribution in [3.63, 3.8) is 0 Å². The number of hydrogen-bond acceptors (Lipinski definition) is 5. The molecule has 2 heterocycles. The third kappa shape index (κ3) is 3.10. The van der Waals surface area contributed by atoms with Crippen LogP contribution < -0.4 is 10.4 Å². The van der Waals surface area contributed by atoms with Crippen molar-refractivity contribution in [1.82, 2.24) is 5.01 Å². The molecule has 6 nitrogen and oxygen atoms in total. The van der Waals surface area contributed by atoms with Gasteiger partial charge in [-0.15, -0.1) is 0 Å². The monoisotopic (exact) mass is 362 g/mol. The second-order valence-electron chi connectivity index (χ2n) is 6.39. The summed E-state index contributed by atoms with van der Waals surface area (Å²) in [6.45, 7) is 1.46. The lowest BCUT2D eigenvalue weighted by molar-refractivity contribution is -0.130. The van der Waals surface area contributed by atoms with Crippen LogP contribution in [0.4, 0.5) is 0 Å². The summed E-state index contributed by atoms with van der Waals surface area (Å²) in [5.41, 5.74) is 1.89. The van der Waals surface area contributed by atoms with Crippen LogP contribution in [0.2, 0.25) is 0 Å². The number of benzene rings is 2. The molecule has 3 aromatic rings. The Morgan fingerprint density at radius 1 is 1.19 bits per heavy atom. The van der Waals surface area contributed by atoms with Crippen molar-refractivity contribution in [2.75, 3.05) is 7.11 Å². The summed E-state index contributed by atoms with van der Waals surface area (Å²) in [5, 5.41) is 6.67. The molecule has 1 amide bonds. The topological polar surface area (TPSA) is 72.1 Å². The van der Waals surface area contributed by atoms with Crippen LogP contribution in [0.15, 0.2) is 68.9 Å². The van der Waals surface area contributed by atoms with Crippen molar-refractivity contribution in [1.29, 1.82) is 0 Å². The van der Waals surface area contributed by atoms with Crippen molar-refractivity contribution in [2.45, 2.75) is 19.4 Å². The summed E-state index contributed by atoms with van der Waals surface area (Å²) in [6.07, 6.45) is 0.426. The molecule has 0 saturated carbocycles. The molecule has 1 unspecified atom stereocenters. The van der Waals surface area contributed by atoms with Crippen molar-refractivity contribution < 1.29 is 13.9 Å². The molecule has 1 atom stereocenters. The zero-order chi connectivity index (χ0) is 19.0. The van der Waals surface area contributed by atoms with Crippen molar-refractivity contribution >= 4 is 22.6 Å². The van der Waals surface area contributed by atoms with Gasteiger partial charge in [0, 0.05) is 18.7 Å². The first-order valence-electron chi connectivity index (χ1n) is 8.61. The molecule has 0 N–H and O–H groups in total. The number of amides is 1. The molecule has 1 aromatic heterocycles. The van der Waals surface area contributed by atoms with E-state index in [0.29, 0.717) is 29.0 Å². The molecule has 6 heteroatoms. The van der Waals surface area contributed by atoms with Crippen molar-refractivity contribution in [3.05, 3.63) is 76.1 Å². The second-order valence-corrected chi connectivity index (χ2v) is 6.39. The molecule has 0 bridgehead atoms. The molecule has 1 aliphatic heterocycles. The van der Waals surface area contributed by atoms with Crippen LogP contribution in [0.5, 0.6) is 5.75 Å². The Hall–Kier alpha value is -3.41. The minimum Gasteiger partial charge on any atom is -0.497 e. The van der Waals surface area contributed by atoms with Crippen LogP contribution in [0, 0.1) is 0 Å². The number of carbonyl (C=O) groups excluding carboxylic acids is 1. The van der Waals surface area contributed by atoms with E-state index in [2.05, 4.69) is 5.10 Å². The van der Waals surface area contributed by atoms with E-state index < -0.39 is 5.63 Å². The number of carbonyl (C=O) groups is 1. The zero-order valence-electron chi connectivity index (χ0n) is 15.0. The number of rotatable bonds is 3. The van der Waals surface area contributed by atoms with E-state index in [4.69, 9.17) is 9.15 Å². The molecular weight excluding hydrogens is 344 g/mol. The fourth-order valence-corrected chi connectivity index (χ4v) is 3.33. The maximum atomic E-state index is 12.5. The summed E-state index contributed by atoms with van der Waals surface area (Å²) in [7, 11) is 1.60. The largest absolute Gasteiger partial charge is 0.497 e. The molecule has 1 aliphatic rings. The summed E-state index contributed by atoms with van der Waals surface area (Å²) in [6, 6.07) is 16.3. The Labute approximate surface area is 155 Å². The van der Waals surface area contributed by atoms with E-state index in [1.807, 2.05) is 42.5 Å². The van der Waals surface area contributed by atoms with Gasteiger partial charge in [-0.1, -0.05) is 30.3 Å². The average molecular weight is 362 g/mol. The predicted octanol–water partition coefficient (Wildman–Crippen LogP) is 3.50. The number of hydrazone groups is 1. The van der Waals surface area contributed by atoms with Gasteiger partial charge in [-0.3, -0.25) is 4.79 Å². The third-order valence-electron chi connectivity index (χ3n) is 4.66. The summed E-state index contributed by atoms with van der Waals surface area (Å²) >= 11 is 0. The van der Waals surface area contributed by atoms with Crippen LogP contribution >= 0.6 is 0 Å². The Balaban J connectivity index is 1.76. The Morgan fingerprint density at radius 2 is 2.00 bits per heavy atom. The van der Waals surface area contributed by atoms with Gasteiger partial charge in [0.25, 0.3) is 0 Å². The van der Waals surface area contributed by atoms with Gasteiger partial charge in [-0.25, -0.2) is 9.80 Å². The Bertz CT molecular complexity index is 1120. The van der Waals surface area contributed by atoms with Crippen LogP contribution in [-0.2, 0) is 4.79 Å². The molecule has 0 radical (unpaired) electrons. The molecule has 136 valence electrons. The normalized spacial score (nSPS) is 16.4. The quantitative estimate of drug-likeness (QED) is 0.669. The summed E-state index contributed by atoms with van der Waals surface area (Å²) in [4.78, 5) is 24.6. The van der Waals surface area contributed by atoms with Gasteiger partial charge >= 0.3 is 5.63 Å². The SMILES string of the molecule is COc1cccc(C2CC(c3cc4ccccc4oc3=O)=NN2C(C)=O)c1. The standard InChI is InChI=1S/C21H18N2O4/c1-13(24)23-19(14-7-5-8-16(10-14)26-2)12-18(22-23)17-11-15-6-3-4-9-20(15)27-21(17)25/h3-11,19H,12H2,1-2H3. The molecular formula is C21H18N2O4. The number of ether oxygens (including phenoxy) is 1. The van der Waals surface area contributed by atoms with E-state index >= 15 is 0 Å². The predicted molar refractivity (Wildman–Crippen MR) is 102 cm³/mol. The van der Waals surface area contributed by atoms with Gasteiger partial charge < -0.3 is 9.15 Å². The first kappa shape index (κ1) is 17.0. The van der Waals surface area contributed by atoms with Gasteiger partial charge in [0.2, 0.25) is 5.91 Å². The lowest BCUT2D eigenvalue weighted by Crippen LogP contribution is -2.24. The van der Waals surface area contributed by atoms with E-state index in [-0.39, 0.29) is 11.9 Å². The molecule has 27 heavy (non-hydrogen) atoms. The smallest absolute Gasteiger partial charge is 0.345 e. The maximum absolute atomic E-state index is 12.5. The van der Waals surface area contributed by atoms with Gasteiger partial charge in [0.05, 0.1) is 24.4 Å². The number of fused-ring (bicyclic) bond motifs is 1. The van der Waals surface area contributed by atoms with E-state index in [1.165, 1.54) is 11.9 Å². The lowest BCUT2D eigenvalue weighted by atomic mass is 9.98.